The van der Waals surface area contributed by atoms with E-state index < -0.39 is 0 Å². The summed E-state index contributed by atoms with van der Waals surface area (Å²) in [5.41, 5.74) is 0. The maximum atomic E-state index is 6.03. The minimum atomic E-state index is 0.105. The van der Waals surface area contributed by atoms with Gasteiger partial charge in [-0.05, 0) is 24.3 Å². The summed E-state index contributed by atoms with van der Waals surface area (Å²) in [6.45, 7) is 5.27. The summed E-state index contributed by atoms with van der Waals surface area (Å²) in [6.07, 6.45) is 6.03. The van der Waals surface area contributed by atoms with Gasteiger partial charge in [0.25, 0.3) is 0 Å². The predicted molar refractivity (Wildman–Crippen MR) is 96.1 cm³/mol. The van der Waals surface area contributed by atoms with E-state index in [1.807, 2.05) is 50.5 Å². The highest BCUT2D eigenvalue weighted by atomic mass is 16.5. The van der Waals surface area contributed by atoms with Crippen LogP contribution in [0.15, 0.2) is 54.9 Å². The quantitative estimate of drug-likeness (QED) is 0.681. The van der Waals surface area contributed by atoms with Gasteiger partial charge in [0.05, 0.1) is 0 Å². The Labute approximate surface area is 143 Å². The molecule has 1 aromatic heterocycles. The van der Waals surface area contributed by atoms with E-state index in [0.717, 1.165) is 36.4 Å². The molecule has 1 fully saturated rings. The van der Waals surface area contributed by atoms with Crippen molar-refractivity contribution in [3.8, 4) is 5.75 Å². The average molecular weight is 324 g/mol. The highest BCUT2D eigenvalue weighted by Crippen LogP contribution is 2.27. The number of aromatic nitrogens is 2. The van der Waals surface area contributed by atoms with Crippen molar-refractivity contribution < 1.29 is 9.47 Å². The first-order valence-electron chi connectivity index (χ1n) is 8.66. The molecule has 0 amide bonds. The van der Waals surface area contributed by atoms with Gasteiger partial charge in [0.1, 0.15) is 24.4 Å². The van der Waals surface area contributed by atoms with Crippen molar-refractivity contribution in [3.63, 3.8) is 0 Å². The third-order valence-corrected chi connectivity index (χ3v) is 4.07. The summed E-state index contributed by atoms with van der Waals surface area (Å²) in [7, 11) is 0. The van der Waals surface area contributed by atoms with E-state index in [2.05, 4.69) is 27.8 Å². The van der Waals surface area contributed by atoms with Crippen LogP contribution in [0.25, 0.3) is 10.8 Å². The molecule has 1 aliphatic heterocycles. The van der Waals surface area contributed by atoms with E-state index in [4.69, 9.17) is 9.47 Å². The van der Waals surface area contributed by atoms with E-state index in [1.54, 1.807) is 0 Å². The van der Waals surface area contributed by atoms with Gasteiger partial charge in [-0.15, -0.1) is 0 Å². The van der Waals surface area contributed by atoms with Gasteiger partial charge in [-0.25, -0.2) is 4.98 Å². The summed E-state index contributed by atoms with van der Waals surface area (Å²) < 4.78 is 13.8. The molecule has 126 valence electrons. The molecule has 4 rings (SSSR count). The molecular formula is C20H24N2O2. The smallest absolute Gasteiger partial charge is 0.148 e. The Morgan fingerprint density at radius 1 is 1.17 bits per heavy atom. The molecule has 4 nitrogen and oxygen atoms in total. The first kappa shape index (κ1) is 16.5. The van der Waals surface area contributed by atoms with Crippen molar-refractivity contribution in [2.75, 3.05) is 6.61 Å². The summed E-state index contributed by atoms with van der Waals surface area (Å²) in [6, 6.07) is 14.4. The zero-order chi connectivity index (χ0) is 16.8. The topological polar surface area (TPSA) is 36.3 Å². The number of imidazole rings is 1. The molecule has 1 saturated heterocycles. The minimum Gasteiger partial charge on any atom is -0.485 e. The second-order valence-corrected chi connectivity index (χ2v) is 5.48. The number of ether oxygens (including phenoxy) is 2. The molecule has 2 aromatic carbocycles. The van der Waals surface area contributed by atoms with Gasteiger partial charge in [-0.3, -0.25) is 0 Å². The lowest BCUT2D eigenvalue weighted by atomic mass is 10.1. The number of benzene rings is 2. The van der Waals surface area contributed by atoms with Crippen molar-refractivity contribution >= 4 is 10.8 Å². The Balaban J connectivity index is 0.000000815. The van der Waals surface area contributed by atoms with Crippen LogP contribution in [0.4, 0.5) is 0 Å². The summed E-state index contributed by atoms with van der Waals surface area (Å²) >= 11 is 0. The molecule has 1 unspecified atom stereocenters. The second-order valence-electron chi connectivity index (χ2n) is 5.48. The summed E-state index contributed by atoms with van der Waals surface area (Å²) in [5, 5.41) is 2.31. The molecule has 0 N–H and O–H groups in total. The molecule has 0 saturated carbocycles. The lowest BCUT2D eigenvalue weighted by molar-refractivity contribution is 0.0518. The number of hydrogen-bond donors (Lipinski definition) is 0. The van der Waals surface area contributed by atoms with Crippen molar-refractivity contribution in [1.82, 2.24) is 9.55 Å². The fraction of sp³-hybridized carbons (Fsp3) is 0.350. The van der Waals surface area contributed by atoms with Gasteiger partial charge in [-0.2, -0.15) is 0 Å². The van der Waals surface area contributed by atoms with Crippen LogP contribution in [0.2, 0.25) is 0 Å². The SMILES string of the molecule is CC.c1ccc2c(OCc3nccn3C3CCCO3)cccc2c1. The van der Waals surface area contributed by atoms with E-state index in [9.17, 15) is 0 Å². The molecule has 1 aliphatic rings. The average Bonchev–Trinajstić information content (AvgIpc) is 3.33. The van der Waals surface area contributed by atoms with Crippen molar-refractivity contribution in [2.45, 2.75) is 39.5 Å². The fourth-order valence-electron chi connectivity index (χ4n) is 2.96. The molecule has 0 spiro atoms. The summed E-state index contributed by atoms with van der Waals surface area (Å²) in [5.74, 6) is 1.79. The lowest BCUT2D eigenvalue weighted by Crippen LogP contribution is -2.12. The van der Waals surface area contributed by atoms with E-state index >= 15 is 0 Å². The first-order chi connectivity index (χ1) is 11.9. The Hall–Kier alpha value is -2.33. The highest BCUT2D eigenvalue weighted by Gasteiger charge is 2.20. The standard InChI is InChI=1S/C18H18N2O2.C2H6/c1-2-7-15-14(5-1)6-3-8-16(15)22-13-17-19-10-11-20(17)18-9-4-12-21-18;1-2/h1-3,5-8,10-11,18H,4,9,12-13H2;1-2H3. The van der Waals surface area contributed by atoms with E-state index in [-0.39, 0.29) is 6.23 Å². The zero-order valence-corrected chi connectivity index (χ0v) is 14.3. The van der Waals surface area contributed by atoms with Crippen molar-refractivity contribution in [1.29, 1.82) is 0 Å². The van der Waals surface area contributed by atoms with Crippen molar-refractivity contribution in [3.05, 3.63) is 60.7 Å². The Morgan fingerprint density at radius 2 is 2.00 bits per heavy atom. The molecule has 24 heavy (non-hydrogen) atoms. The molecule has 0 radical (unpaired) electrons. The summed E-state index contributed by atoms with van der Waals surface area (Å²) in [4.78, 5) is 4.41. The van der Waals surface area contributed by atoms with Crippen LogP contribution in [-0.2, 0) is 11.3 Å². The Morgan fingerprint density at radius 3 is 2.83 bits per heavy atom. The molecule has 3 aromatic rings. The third kappa shape index (κ3) is 3.44. The molecule has 0 aliphatic carbocycles. The van der Waals surface area contributed by atoms with Crippen LogP contribution in [0, 0.1) is 0 Å². The molecular weight excluding hydrogens is 300 g/mol. The van der Waals surface area contributed by atoms with Gasteiger partial charge in [0.15, 0.2) is 0 Å². The number of nitrogens with zero attached hydrogens (tertiary/aromatic N) is 2. The van der Waals surface area contributed by atoms with Gasteiger partial charge in [0.2, 0.25) is 0 Å². The normalized spacial score (nSPS) is 16.7. The Bertz CT molecular complexity index is 771. The van der Waals surface area contributed by atoms with Crippen LogP contribution < -0.4 is 4.74 Å². The number of rotatable bonds is 4. The first-order valence-corrected chi connectivity index (χ1v) is 8.66. The maximum absolute atomic E-state index is 6.03. The number of hydrogen-bond acceptors (Lipinski definition) is 3. The molecule has 4 heteroatoms. The van der Waals surface area contributed by atoms with Gasteiger partial charge >= 0.3 is 0 Å². The van der Waals surface area contributed by atoms with Crippen LogP contribution in [-0.4, -0.2) is 16.2 Å². The van der Waals surface area contributed by atoms with Gasteiger partial charge in [0, 0.05) is 24.4 Å². The Kier molecular flexibility index (Phi) is 5.49. The lowest BCUT2D eigenvalue weighted by Gasteiger charge is -2.15. The van der Waals surface area contributed by atoms with Crippen LogP contribution >= 0.6 is 0 Å². The minimum absolute atomic E-state index is 0.105. The maximum Gasteiger partial charge on any atom is 0.148 e. The molecule has 0 bridgehead atoms. The second kappa shape index (κ2) is 7.97. The zero-order valence-electron chi connectivity index (χ0n) is 14.3. The predicted octanol–water partition coefficient (Wildman–Crippen LogP) is 4.95. The van der Waals surface area contributed by atoms with E-state index in [1.165, 1.54) is 5.39 Å². The van der Waals surface area contributed by atoms with E-state index in [0.29, 0.717) is 6.61 Å². The van der Waals surface area contributed by atoms with Crippen LogP contribution in [0.1, 0.15) is 38.7 Å². The van der Waals surface area contributed by atoms with Gasteiger partial charge < -0.3 is 14.0 Å². The molecule has 1 atom stereocenters. The molecule has 2 heterocycles. The number of fused-ring (bicyclic) bond motifs is 1. The fourth-order valence-corrected chi connectivity index (χ4v) is 2.96. The van der Waals surface area contributed by atoms with Crippen LogP contribution in [0.3, 0.4) is 0 Å². The largest absolute Gasteiger partial charge is 0.485 e. The van der Waals surface area contributed by atoms with Crippen LogP contribution in [0.5, 0.6) is 5.75 Å². The third-order valence-electron chi connectivity index (χ3n) is 4.07. The highest BCUT2D eigenvalue weighted by molar-refractivity contribution is 5.88. The monoisotopic (exact) mass is 324 g/mol. The van der Waals surface area contributed by atoms with Gasteiger partial charge in [-0.1, -0.05) is 50.2 Å². The van der Waals surface area contributed by atoms with Crippen molar-refractivity contribution in [2.24, 2.45) is 0 Å².